The summed E-state index contributed by atoms with van der Waals surface area (Å²) >= 11 is 3.26. The summed E-state index contributed by atoms with van der Waals surface area (Å²) in [6.07, 6.45) is 0. The van der Waals surface area contributed by atoms with E-state index in [4.69, 9.17) is 0 Å². The number of carbonyl (C=O) groups excluding carboxylic acids is 1. The average molecular weight is 244 g/mol. The van der Waals surface area contributed by atoms with Crippen LogP contribution in [0.3, 0.4) is 0 Å². The van der Waals surface area contributed by atoms with Crippen molar-refractivity contribution >= 4 is 21.8 Å². The third-order valence-corrected chi connectivity index (χ3v) is 2.47. The third kappa shape index (κ3) is 2.82. The second-order valence-corrected chi connectivity index (χ2v) is 3.36. The first-order valence-electron chi connectivity index (χ1n) is 3.77. The molecule has 0 saturated heterocycles. The monoisotopic (exact) mass is 243 g/mol. The molecule has 3 nitrogen and oxygen atoms in total. The highest BCUT2D eigenvalue weighted by molar-refractivity contribution is 9.09. The van der Waals surface area contributed by atoms with Crippen molar-refractivity contribution in [2.45, 2.75) is 4.83 Å². The second kappa shape index (κ2) is 4.99. The molecule has 0 saturated carbocycles. The van der Waals surface area contributed by atoms with E-state index in [-0.39, 0.29) is 10.7 Å². The summed E-state index contributed by atoms with van der Waals surface area (Å²) < 4.78 is 0. The highest BCUT2D eigenvalue weighted by Gasteiger charge is 2.15. The van der Waals surface area contributed by atoms with Crippen LogP contribution in [-0.2, 0) is 9.63 Å². The lowest BCUT2D eigenvalue weighted by Gasteiger charge is -2.08. The van der Waals surface area contributed by atoms with Crippen molar-refractivity contribution in [3.8, 4) is 0 Å². The summed E-state index contributed by atoms with van der Waals surface area (Å²) in [6.45, 7) is 0. The molecule has 1 aromatic carbocycles. The Labute approximate surface area is 85.2 Å². The van der Waals surface area contributed by atoms with Crippen molar-refractivity contribution in [1.82, 2.24) is 5.48 Å². The Balaban J connectivity index is 2.68. The topological polar surface area (TPSA) is 38.3 Å². The molecule has 70 valence electrons. The van der Waals surface area contributed by atoms with Gasteiger partial charge in [-0.15, -0.1) is 0 Å². The van der Waals surface area contributed by atoms with Crippen molar-refractivity contribution in [3.63, 3.8) is 0 Å². The maximum atomic E-state index is 11.3. The second-order valence-electron chi connectivity index (χ2n) is 2.44. The predicted molar refractivity (Wildman–Crippen MR) is 53.3 cm³/mol. The van der Waals surface area contributed by atoms with Gasteiger partial charge in [-0.25, -0.2) is 5.48 Å². The smallest absolute Gasteiger partial charge is 0.261 e. The van der Waals surface area contributed by atoms with Gasteiger partial charge < -0.3 is 0 Å². The van der Waals surface area contributed by atoms with Crippen LogP contribution in [0, 0.1) is 0 Å². The lowest BCUT2D eigenvalue weighted by Crippen LogP contribution is -2.25. The van der Waals surface area contributed by atoms with Gasteiger partial charge in [0.25, 0.3) is 5.91 Å². The van der Waals surface area contributed by atoms with Crippen LogP contribution in [0.25, 0.3) is 0 Å². The number of hydrogen-bond acceptors (Lipinski definition) is 2. The van der Waals surface area contributed by atoms with Gasteiger partial charge in [-0.1, -0.05) is 46.3 Å². The fraction of sp³-hybridized carbons (Fsp3) is 0.222. The molecular weight excluding hydrogens is 234 g/mol. The molecule has 1 N–H and O–H groups in total. The quantitative estimate of drug-likeness (QED) is 0.650. The lowest BCUT2D eigenvalue weighted by molar-refractivity contribution is -0.130. The average Bonchev–Trinajstić information content (AvgIpc) is 2.18. The molecule has 1 atom stereocenters. The first-order chi connectivity index (χ1) is 6.25. The Morgan fingerprint density at radius 1 is 1.46 bits per heavy atom. The van der Waals surface area contributed by atoms with E-state index in [0.717, 1.165) is 5.56 Å². The van der Waals surface area contributed by atoms with Crippen LogP contribution in [0.1, 0.15) is 10.4 Å². The summed E-state index contributed by atoms with van der Waals surface area (Å²) in [4.78, 5) is 15.4. The number of benzene rings is 1. The number of nitrogens with one attached hydrogen (secondary N) is 1. The summed E-state index contributed by atoms with van der Waals surface area (Å²) in [7, 11) is 1.41. The number of hydroxylamine groups is 1. The maximum absolute atomic E-state index is 11.3. The molecule has 1 unspecified atom stereocenters. The molecule has 0 radical (unpaired) electrons. The Hall–Kier alpha value is -0.870. The fourth-order valence-corrected chi connectivity index (χ4v) is 1.32. The predicted octanol–water partition coefficient (Wildman–Crippen LogP) is 1.80. The fourth-order valence-electron chi connectivity index (χ4n) is 0.926. The van der Waals surface area contributed by atoms with Gasteiger partial charge >= 0.3 is 0 Å². The molecule has 0 aliphatic heterocycles. The number of alkyl halides is 1. The molecule has 4 heteroatoms. The lowest BCUT2D eigenvalue weighted by atomic mass is 10.1. The van der Waals surface area contributed by atoms with Crippen molar-refractivity contribution < 1.29 is 9.63 Å². The Bertz CT molecular complexity index is 276. The van der Waals surface area contributed by atoms with E-state index in [0.29, 0.717) is 0 Å². The number of halogens is 1. The first-order valence-corrected chi connectivity index (χ1v) is 4.69. The van der Waals surface area contributed by atoms with Gasteiger partial charge in [0.05, 0.1) is 7.11 Å². The summed E-state index contributed by atoms with van der Waals surface area (Å²) in [5.74, 6) is -0.214. The number of carbonyl (C=O) groups is 1. The van der Waals surface area contributed by atoms with Gasteiger partial charge in [0.2, 0.25) is 0 Å². The van der Waals surface area contributed by atoms with Crippen LogP contribution in [0.2, 0.25) is 0 Å². The number of hydrogen-bond donors (Lipinski definition) is 1. The van der Waals surface area contributed by atoms with Crippen LogP contribution >= 0.6 is 15.9 Å². The minimum Gasteiger partial charge on any atom is -0.277 e. The van der Waals surface area contributed by atoms with Gasteiger partial charge in [-0.2, -0.15) is 0 Å². The zero-order valence-electron chi connectivity index (χ0n) is 7.16. The van der Waals surface area contributed by atoms with Crippen LogP contribution in [0.15, 0.2) is 30.3 Å². The van der Waals surface area contributed by atoms with E-state index < -0.39 is 0 Å². The molecule has 1 rings (SSSR count). The van der Waals surface area contributed by atoms with Gasteiger partial charge in [0.15, 0.2) is 0 Å². The molecule has 0 aliphatic rings. The molecule has 0 fully saturated rings. The van der Waals surface area contributed by atoms with Crippen LogP contribution < -0.4 is 5.48 Å². The van der Waals surface area contributed by atoms with E-state index in [1.807, 2.05) is 30.3 Å². The minimum atomic E-state index is -0.367. The highest BCUT2D eigenvalue weighted by Crippen LogP contribution is 2.21. The molecule has 0 heterocycles. The van der Waals surface area contributed by atoms with E-state index >= 15 is 0 Å². The van der Waals surface area contributed by atoms with Gasteiger partial charge in [0.1, 0.15) is 4.83 Å². The van der Waals surface area contributed by atoms with Crippen LogP contribution in [0.4, 0.5) is 0 Å². The minimum absolute atomic E-state index is 0.214. The summed E-state index contributed by atoms with van der Waals surface area (Å²) in [5.41, 5.74) is 3.16. The van der Waals surface area contributed by atoms with Gasteiger partial charge in [0, 0.05) is 0 Å². The molecule has 0 aliphatic carbocycles. The Kier molecular flexibility index (Phi) is 3.92. The van der Waals surface area contributed by atoms with Crippen molar-refractivity contribution in [3.05, 3.63) is 35.9 Å². The molecule has 13 heavy (non-hydrogen) atoms. The van der Waals surface area contributed by atoms with Crippen molar-refractivity contribution in [2.75, 3.05) is 7.11 Å². The Morgan fingerprint density at radius 2 is 2.08 bits per heavy atom. The summed E-state index contributed by atoms with van der Waals surface area (Å²) in [5, 5.41) is 0. The van der Waals surface area contributed by atoms with Gasteiger partial charge in [-0.3, -0.25) is 9.63 Å². The van der Waals surface area contributed by atoms with Crippen molar-refractivity contribution in [1.29, 1.82) is 0 Å². The van der Waals surface area contributed by atoms with Crippen molar-refractivity contribution in [2.24, 2.45) is 0 Å². The molecule has 0 bridgehead atoms. The standard InChI is InChI=1S/C9H10BrNO2/c1-13-11-9(12)8(10)7-5-3-2-4-6-7/h2-6,8H,1H3,(H,11,12). The summed E-state index contributed by atoms with van der Waals surface area (Å²) in [6, 6.07) is 9.40. The molecule has 1 amide bonds. The zero-order valence-corrected chi connectivity index (χ0v) is 8.74. The molecule has 1 aromatic rings. The molecule has 0 aromatic heterocycles. The first kappa shape index (κ1) is 10.2. The van der Waals surface area contributed by atoms with Gasteiger partial charge in [-0.05, 0) is 5.56 Å². The molecule has 0 spiro atoms. The van der Waals surface area contributed by atoms with E-state index in [1.165, 1.54) is 7.11 Å². The SMILES string of the molecule is CONC(=O)C(Br)c1ccccc1. The normalized spacial score (nSPS) is 12.2. The molecular formula is C9H10BrNO2. The van der Waals surface area contributed by atoms with Crippen LogP contribution in [-0.4, -0.2) is 13.0 Å². The zero-order chi connectivity index (χ0) is 9.68. The highest BCUT2D eigenvalue weighted by atomic mass is 79.9. The van der Waals surface area contributed by atoms with E-state index in [2.05, 4.69) is 26.2 Å². The van der Waals surface area contributed by atoms with Crippen LogP contribution in [0.5, 0.6) is 0 Å². The Morgan fingerprint density at radius 3 is 2.62 bits per heavy atom. The maximum Gasteiger partial charge on any atom is 0.261 e. The van der Waals surface area contributed by atoms with E-state index in [1.54, 1.807) is 0 Å². The largest absolute Gasteiger partial charge is 0.277 e. The number of rotatable bonds is 3. The number of amides is 1. The third-order valence-electron chi connectivity index (χ3n) is 1.53. The van der Waals surface area contributed by atoms with E-state index in [9.17, 15) is 4.79 Å².